The lowest BCUT2D eigenvalue weighted by molar-refractivity contribution is 0.462. The number of piperidine rings is 1. The van der Waals surface area contributed by atoms with Crippen LogP contribution in [-0.4, -0.2) is 48.2 Å². The molecule has 6 nitrogen and oxygen atoms in total. The number of nitrogens with one attached hydrogen (secondary N) is 2. The second-order valence-electron chi connectivity index (χ2n) is 7.14. The first-order chi connectivity index (χ1) is 13.8. The van der Waals surface area contributed by atoms with Gasteiger partial charge in [0.05, 0.1) is 22.4 Å². The summed E-state index contributed by atoms with van der Waals surface area (Å²) in [6.45, 7) is 4.04. The van der Waals surface area contributed by atoms with Crippen LogP contribution >= 0.6 is 35.3 Å². The quantitative estimate of drug-likeness (QED) is 0.222. The molecule has 0 atom stereocenters. The maximum atomic E-state index is 4.45. The summed E-state index contributed by atoms with van der Waals surface area (Å²) >= 11 is 1.83. The van der Waals surface area contributed by atoms with E-state index in [1.807, 2.05) is 30.8 Å². The van der Waals surface area contributed by atoms with E-state index >= 15 is 0 Å². The van der Waals surface area contributed by atoms with Crippen molar-refractivity contribution in [2.24, 2.45) is 4.99 Å². The maximum Gasteiger partial charge on any atom is 0.191 e. The zero-order chi connectivity index (χ0) is 19.2. The van der Waals surface area contributed by atoms with Crippen LogP contribution in [0.25, 0.3) is 11.0 Å². The van der Waals surface area contributed by atoms with E-state index in [0.29, 0.717) is 6.04 Å². The Bertz CT molecular complexity index is 899. The lowest BCUT2D eigenvalue weighted by Gasteiger charge is -2.33. The molecule has 0 spiro atoms. The molecular formula is C21H29IN6S. The van der Waals surface area contributed by atoms with Crippen LogP contribution in [0.2, 0.25) is 0 Å². The maximum absolute atomic E-state index is 4.45. The van der Waals surface area contributed by atoms with Gasteiger partial charge in [0, 0.05) is 39.3 Å². The summed E-state index contributed by atoms with van der Waals surface area (Å²) < 4.78 is 2.22. The molecule has 2 aromatic heterocycles. The smallest absolute Gasteiger partial charge is 0.191 e. The molecule has 1 saturated heterocycles. The Labute approximate surface area is 193 Å². The predicted octanol–water partition coefficient (Wildman–Crippen LogP) is 3.94. The van der Waals surface area contributed by atoms with Gasteiger partial charge in [0.25, 0.3) is 0 Å². The van der Waals surface area contributed by atoms with Crippen molar-refractivity contribution in [3.63, 3.8) is 0 Å². The van der Waals surface area contributed by atoms with E-state index in [0.717, 1.165) is 56.9 Å². The third-order valence-corrected chi connectivity index (χ3v) is 6.20. The van der Waals surface area contributed by atoms with Gasteiger partial charge in [-0.25, -0.2) is 4.98 Å². The Morgan fingerprint density at radius 2 is 2.03 bits per heavy atom. The number of hydrogen-bond acceptors (Lipinski definition) is 4. The first-order valence-corrected chi connectivity index (χ1v) is 10.9. The largest absolute Gasteiger partial charge is 0.363 e. The van der Waals surface area contributed by atoms with Crippen LogP contribution in [0.15, 0.2) is 53.1 Å². The Morgan fingerprint density at radius 3 is 2.79 bits per heavy atom. The molecule has 1 aromatic carbocycles. The average molecular weight is 524 g/mol. The number of nitrogens with zero attached hydrogens (tertiary/aromatic N) is 4. The molecule has 1 aliphatic heterocycles. The van der Waals surface area contributed by atoms with Crippen LogP contribution in [0, 0.1) is 0 Å². The molecule has 0 unspecified atom stereocenters. The minimum atomic E-state index is 0. The van der Waals surface area contributed by atoms with Crippen LogP contribution < -0.4 is 15.5 Å². The summed E-state index contributed by atoms with van der Waals surface area (Å²) in [6.07, 6.45) is 5.23. The number of aliphatic imine (C=N–C) groups is 1. The lowest BCUT2D eigenvalue weighted by atomic mass is 10.1. The highest BCUT2D eigenvalue weighted by Gasteiger charge is 2.20. The number of anilines is 1. The van der Waals surface area contributed by atoms with Crippen LogP contribution in [-0.2, 0) is 6.54 Å². The van der Waals surface area contributed by atoms with E-state index in [1.165, 1.54) is 10.5 Å². The molecule has 0 aliphatic carbocycles. The molecule has 4 rings (SSSR count). The van der Waals surface area contributed by atoms with Crippen molar-refractivity contribution in [2.75, 3.05) is 31.6 Å². The van der Waals surface area contributed by atoms with Gasteiger partial charge >= 0.3 is 0 Å². The highest BCUT2D eigenvalue weighted by molar-refractivity contribution is 14.0. The number of thiophene rings is 1. The number of para-hydroxylation sites is 2. The molecule has 0 saturated carbocycles. The fraction of sp³-hybridized carbons (Fsp3) is 0.429. The molecular weight excluding hydrogens is 495 g/mol. The van der Waals surface area contributed by atoms with E-state index in [-0.39, 0.29) is 24.0 Å². The number of halogens is 1. The van der Waals surface area contributed by atoms with Gasteiger partial charge in [-0.15, -0.1) is 35.3 Å². The number of imidazole rings is 1. The SMILES string of the molecule is CN=C(NCCCn1cnc2ccccc21)NC1CCN(c2cccs2)CC1.I. The van der Waals surface area contributed by atoms with Gasteiger partial charge in [-0.3, -0.25) is 4.99 Å². The molecule has 3 heterocycles. The fourth-order valence-corrected chi connectivity index (χ4v) is 4.51. The average Bonchev–Trinajstić information content (AvgIpc) is 3.41. The number of fused-ring (bicyclic) bond motifs is 1. The number of rotatable bonds is 6. The Balaban J connectivity index is 0.00000240. The van der Waals surface area contributed by atoms with Gasteiger partial charge < -0.3 is 20.1 Å². The third kappa shape index (κ3) is 5.63. The first kappa shape index (κ1) is 21.9. The van der Waals surface area contributed by atoms with Gasteiger partial charge in [0.2, 0.25) is 0 Å². The first-order valence-electron chi connectivity index (χ1n) is 9.99. The summed E-state index contributed by atoms with van der Waals surface area (Å²) in [5.41, 5.74) is 2.25. The van der Waals surface area contributed by atoms with E-state index in [9.17, 15) is 0 Å². The van der Waals surface area contributed by atoms with Gasteiger partial charge in [-0.2, -0.15) is 0 Å². The minimum absolute atomic E-state index is 0. The number of aryl methyl sites for hydroxylation is 1. The number of guanidine groups is 1. The van der Waals surface area contributed by atoms with Crippen molar-refractivity contribution >= 4 is 57.3 Å². The van der Waals surface area contributed by atoms with Crippen molar-refractivity contribution in [1.82, 2.24) is 20.2 Å². The monoisotopic (exact) mass is 524 g/mol. The summed E-state index contributed by atoms with van der Waals surface area (Å²) in [5, 5.41) is 10.6. The Morgan fingerprint density at radius 1 is 1.21 bits per heavy atom. The highest BCUT2D eigenvalue weighted by atomic mass is 127. The van der Waals surface area contributed by atoms with Crippen LogP contribution in [0.1, 0.15) is 19.3 Å². The van der Waals surface area contributed by atoms with Crippen molar-refractivity contribution in [2.45, 2.75) is 31.8 Å². The molecule has 3 aromatic rings. The fourth-order valence-electron chi connectivity index (χ4n) is 3.73. The zero-order valence-corrected chi connectivity index (χ0v) is 19.9. The second-order valence-corrected chi connectivity index (χ2v) is 8.06. The standard InChI is InChI=1S/C21H28N6S.HI/c1-22-21(25-17-9-13-26(14-10-17)20-8-4-15-28-20)23-11-5-12-27-16-24-18-6-2-3-7-19(18)27;/h2-4,6-8,15-17H,5,9-14H2,1H3,(H2,22,23,25);1H. The van der Waals surface area contributed by atoms with E-state index in [2.05, 4.69) is 65.8 Å². The Kier molecular flexibility index (Phi) is 8.17. The molecule has 1 aliphatic rings. The zero-order valence-electron chi connectivity index (χ0n) is 16.8. The van der Waals surface area contributed by atoms with E-state index in [1.54, 1.807) is 0 Å². The summed E-state index contributed by atoms with van der Waals surface area (Å²) in [7, 11) is 1.85. The third-order valence-electron chi connectivity index (χ3n) is 5.27. The molecule has 29 heavy (non-hydrogen) atoms. The van der Waals surface area contributed by atoms with Gasteiger partial charge in [0.1, 0.15) is 0 Å². The van der Waals surface area contributed by atoms with Gasteiger partial charge in [-0.05, 0) is 48.9 Å². The predicted molar refractivity (Wildman–Crippen MR) is 134 cm³/mol. The number of aromatic nitrogens is 2. The molecule has 2 N–H and O–H groups in total. The topological polar surface area (TPSA) is 57.5 Å². The Hall–Kier alpha value is -1.81. The minimum Gasteiger partial charge on any atom is -0.363 e. The molecule has 8 heteroatoms. The van der Waals surface area contributed by atoms with Crippen LogP contribution in [0.4, 0.5) is 5.00 Å². The normalized spacial score (nSPS) is 15.3. The molecule has 0 amide bonds. The van der Waals surface area contributed by atoms with Crippen molar-refractivity contribution in [3.05, 3.63) is 48.1 Å². The molecule has 1 fully saturated rings. The number of hydrogen-bond donors (Lipinski definition) is 2. The molecule has 0 bridgehead atoms. The molecule has 0 radical (unpaired) electrons. The summed E-state index contributed by atoms with van der Waals surface area (Å²) in [6, 6.07) is 13.1. The number of benzene rings is 1. The van der Waals surface area contributed by atoms with Crippen molar-refractivity contribution in [3.8, 4) is 0 Å². The van der Waals surface area contributed by atoms with Crippen LogP contribution in [0.5, 0.6) is 0 Å². The van der Waals surface area contributed by atoms with Gasteiger partial charge in [0.15, 0.2) is 5.96 Å². The summed E-state index contributed by atoms with van der Waals surface area (Å²) in [5.74, 6) is 0.907. The second kappa shape index (κ2) is 10.8. The lowest BCUT2D eigenvalue weighted by Crippen LogP contribution is -2.48. The van der Waals surface area contributed by atoms with E-state index < -0.39 is 0 Å². The van der Waals surface area contributed by atoms with Gasteiger partial charge in [-0.1, -0.05) is 12.1 Å². The molecule has 156 valence electrons. The van der Waals surface area contributed by atoms with Crippen LogP contribution in [0.3, 0.4) is 0 Å². The summed E-state index contributed by atoms with van der Waals surface area (Å²) in [4.78, 5) is 11.3. The van der Waals surface area contributed by atoms with E-state index in [4.69, 9.17) is 0 Å². The van der Waals surface area contributed by atoms with Crippen molar-refractivity contribution < 1.29 is 0 Å². The highest BCUT2D eigenvalue weighted by Crippen LogP contribution is 2.24. The van der Waals surface area contributed by atoms with Crippen molar-refractivity contribution in [1.29, 1.82) is 0 Å².